The lowest BCUT2D eigenvalue weighted by Crippen LogP contribution is -2.34. The standard InChI is InChI=1S/C14H24N2O2S/c1-7-18-13(17)12-11(6)19-14(15-12)16(10(4)5)8-9(2)3/h9-10H,7-8H2,1-6H3. The Kier molecular flexibility index (Phi) is 5.79. The average molecular weight is 284 g/mol. The maximum absolute atomic E-state index is 11.8. The third kappa shape index (κ3) is 4.20. The minimum Gasteiger partial charge on any atom is -0.461 e. The normalized spacial score (nSPS) is 11.2. The zero-order chi connectivity index (χ0) is 14.6. The van der Waals surface area contributed by atoms with Crippen molar-refractivity contribution < 1.29 is 9.53 Å². The summed E-state index contributed by atoms with van der Waals surface area (Å²) >= 11 is 1.56. The monoisotopic (exact) mass is 284 g/mol. The molecule has 1 heterocycles. The molecule has 4 nitrogen and oxygen atoms in total. The summed E-state index contributed by atoms with van der Waals surface area (Å²) < 4.78 is 5.03. The number of thiazole rings is 1. The molecule has 0 unspecified atom stereocenters. The summed E-state index contributed by atoms with van der Waals surface area (Å²) in [5, 5.41) is 0.907. The second-order valence-corrected chi connectivity index (χ2v) is 6.44. The first kappa shape index (κ1) is 16.0. The molecule has 0 aliphatic heterocycles. The summed E-state index contributed by atoms with van der Waals surface area (Å²) in [6.07, 6.45) is 0. The number of aryl methyl sites for hydroxylation is 1. The Morgan fingerprint density at radius 3 is 2.47 bits per heavy atom. The molecule has 0 spiro atoms. The smallest absolute Gasteiger partial charge is 0.358 e. The molecule has 0 radical (unpaired) electrons. The lowest BCUT2D eigenvalue weighted by Gasteiger charge is -2.27. The molecule has 1 aromatic rings. The Bertz CT molecular complexity index is 427. The van der Waals surface area contributed by atoms with E-state index < -0.39 is 0 Å². The molecule has 0 N–H and O–H groups in total. The van der Waals surface area contributed by atoms with Crippen molar-refractivity contribution in [1.82, 2.24) is 4.98 Å². The maximum atomic E-state index is 11.8. The van der Waals surface area contributed by atoms with Crippen LogP contribution in [0.3, 0.4) is 0 Å². The number of anilines is 1. The predicted octanol–water partition coefficient (Wildman–Crippen LogP) is 3.50. The zero-order valence-electron chi connectivity index (χ0n) is 12.7. The molecular formula is C14H24N2O2S. The van der Waals surface area contributed by atoms with Gasteiger partial charge < -0.3 is 9.64 Å². The molecule has 19 heavy (non-hydrogen) atoms. The van der Waals surface area contributed by atoms with Gasteiger partial charge in [0.2, 0.25) is 0 Å². The van der Waals surface area contributed by atoms with E-state index in [0.717, 1.165) is 16.6 Å². The first-order chi connectivity index (χ1) is 8.86. The van der Waals surface area contributed by atoms with Gasteiger partial charge in [-0.3, -0.25) is 0 Å². The summed E-state index contributed by atoms with van der Waals surface area (Å²) in [6, 6.07) is 0.364. The van der Waals surface area contributed by atoms with E-state index in [1.165, 1.54) is 0 Å². The number of hydrogen-bond donors (Lipinski definition) is 0. The Morgan fingerprint density at radius 2 is 2.00 bits per heavy atom. The van der Waals surface area contributed by atoms with Gasteiger partial charge in [0.15, 0.2) is 10.8 Å². The summed E-state index contributed by atoms with van der Waals surface area (Å²) in [4.78, 5) is 19.4. The van der Waals surface area contributed by atoms with E-state index in [2.05, 4.69) is 37.6 Å². The van der Waals surface area contributed by atoms with Crippen molar-refractivity contribution >= 4 is 22.4 Å². The molecule has 0 aliphatic carbocycles. The third-order valence-electron chi connectivity index (χ3n) is 2.68. The predicted molar refractivity (Wildman–Crippen MR) is 80.1 cm³/mol. The van der Waals surface area contributed by atoms with Crippen LogP contribution < -0.4 is 4.90 Å². The fraction of sp³-hybridized carbons (Fsp3) is 0.714. The lowest BCUT2D eigenvalue weighted by atomic mass is 10.2. The maximum Gasteiger partial charge on any atom is 0.358 e. The summed E-state index contributed by atoms with van der Waals surface area (Å²) in [6.45, 7) is 13.7. The molecule has 0 bridgehead atoms. The molecule has 0 aliphatic rings. The lowest BCUT2D eigenvalue weighted by molar-refractivity contribution is 0.0519. The fourth-order valence-electron chi connectivity index (χ4n) is 1.80. The van der Waals surface area contributed by atoms with Gasteiger partial charge in [-0.2, -0.15) is 0 Å². The highest BCUT2D eigenvalue weighted by Gasteiger charge is 2.21. The van der Waals surface area contributed by atoms with Crippen molar-refractivity contribution in [2.45, 2.75) is 47.6 Å². The summed E-state index contributed by atoms with van der Waals surface area (Å²) in [5.74, 6) is 0.230. The highest BCUT2D eigenvalue weighted by molar-refractivity contribution is 7.15. The van der Waals surface area contributed by atoms with Crippen LogP contribution in [0, 0.1) is 12.8 Å². The first-order valence-corrected chi connectivity index (χ1v) is 7.59. The van der Waals surface area contributed by atoms with Crippen LogP contribution in [0.1, 0.15) is 50.0 Å². The van der Waals surface area contributed by atoms with E-state index in [4.69, 9.17) is 4.74 Å². The molecule has 0 amide bonds. The van der Waals surface area contributed by atoms with Crippen LogP contribution in [0.4, 0.5) is 5.13 Å². The van der Waals surface area contributed by atoms with Gasteiger partial charge in [-0.05, 0) is 33.6 Å². The molecule has 0 saturated carbocycles. The number of ether oxygens (including phenoxy) is 1. The van der Waals surface area contributed by atoms with Crippen LogP contribution in [-0.4, -0.2) is 30.1 Å². The van der Waals surface area contributed by atoms with Crippen molar-refractivity contribution in [3.05, 3.63) is 10.6 Å². The van der Waals surface area contributed by atoms with E-state index >= 15 is 0 Å². The molecule has 0 atom stereocenters. The summed E-state index contributed by atoms with van der Waals surface area (Å²) in [5.41, 5.74) is 0.455. The second-order valence-electron chi connectivity index (χ2n) is 5.26. The highest BCUT2D eigenvalue weighted by atomic mass is 32.1. The Labute approximate surface area is 119 Å². The van der Waals surface area contributed by atoms with E-state index in [9.17, 15) is 4.79 Å². The topological polar surface area (TPSA) is 42.4 Å². The number of esters is 1. The van der Waals surface area contributed by atoms with Gasteiger partial charge in [-0.15, -0.1) is 11.3 Å². The molecule has 5 heteroatoms. The van der Waals surface area contributed by atoms with Crippen LogP contribution >= 0.6 is 11.3 Å². The van der Waals surface area contributed by atoms with Crippen LogP contribution in [-0.2, 0) is 4.74 Å². The van der Waals surface area contributed by atoms with Gasteiger partial charge in [0.25, 0.3) is 0 Å². The molecule has 1 rings (SSSR count). The highest BCUT2D eigenvalue weighted by Crippen LogP contribution is 2.28. The summed E-state index contributed by atoms with van der Waals surface area (Å²) in [7, 11) is 0. The van der Waals surface area contributed by atoms with E-state index in [1.54, 1.807) is 18.3 Å². The van der Waals surface area contributed by atoms with Crippen molar-refractivity contribution in [1.29, 1.82) is 0 Å². The Balaban J connectivity index is 2.99. The van der Waals surface area contributed by atoms with E-state index in [-0.39, 0.29) is 5.97 Å². The quantitative estimate of drug-likeness (QED) is 0.750. The van der Waals surface area contributed by atoms with Crippen molar-refractivity contribution in [3.8, 4) is 0 Å². The third-order valence-corrected chi connectivity index (χ3v) is 3.69. The number of aromatic nitrogens is 1. The van der Waals surface area contributed by atoms with Crippen molar-refractivity contribution in [2.75, 3.05) is 18.1 Å². The minimum absolute atomic E-state index is 0.323. The van der Waals surface area contributed by atoms with Gasteiger partial charge in [0.1, 0.15) is 0 Å². The second kappa shape index (κ2) is 6.89. The Hall–Kier alpha value is -1.10. The van der Waals surface area contributed by atoms with Gasteiger partial charge in [-0.1, -0.05) is 13.8 Å². The van der Waals surface area contributed by atoms with Crippen LogP contribution in [0.25, 0.3) is 0 Å². The largest absolute Gasteiger partial charge is 0.461 e. The number of hydrogen-bond acceptors (Lipinski definition) is 5. The number of carbonyl (C=O) groups is 1. The fourth-order valence-corrected chi connectivity index (χ4v) is 2.84. The van der Waals surface area contributed by atoms with E-state index in [1.807, 2.05) is 6.92 Å². The molecular weight excluding hydrogens is 260 g/mol. The average Bonchev–Trinajstić information content (AvgIpc) is 2.67. The molecule has 0 aromatic carbocycles. The van der Waals surface area contributed by atoms with Crippen molar-refractivity contribution in [2.24, 2.45) is 5.92 Å². The molecule has 1 aromatic heterocycles. The molecule has 0 saturated heterocycles. The first-order valence-electron chi connectivity index (χ1n) is 6.78. The number of rotatable bonds is 6. The number of carbonyl (C=O) groups excluding carboxylic acids is 1. The zero-order valence-corrected chi connectivity index (χ0v) is 13.5. The van der Waals surface area contributed by atoms with Crippen LogP contribution in [0.5, 0.6) is 0 Å². The molecule has 108 valence electrons. The van der Waals surface area contributed by atoms with Gasteiger partial charge in [-0.25, -0.2) is 9.78 Å². The SMILES string of the molecule is CCOC(=O)c1nc(N(CC(C)C)C(C)C)sc1C. The van der Waals surface area contributed by atoms with E-state index in [0.29, 0.717) is 24.3 Å². The number of nitrogens with zero attached hydrogens (tertiary/aromatic N) is 2. The van der Waals surface area contributed by atoms with Crippen LogP contribution in [0.15, 0.2) is 0 Å². The van der Waals surface area contributed by atoms with Crippen molar-refractivity contribution in [3.63, 3.8) is 0 Å². The van der Waals surface area contributed by atoms with Gasteiger partial charge >= 0.3 is 5.97 Å². The Morgan fingerprint density at radius 1 is 1.37 bits per heavy atom. The van der Waals surface area contributed by atoms with Crippen LogP contribution in [0.2, 0.25) is 0 Å². The minimum atomic E-state index is -0.323. The van der Waals surface area contributed by atoms with Gasteiger partial charge in [0, 0.05) is 17.5 Å². The van der Waals surface area contributed by atoms with Gasteiger partial charge in [0.05, 0.1) is 6.61 Å². The molecule has 0 fully saturated rings.